The van der Waals surface area contributed by atoms with Crippen LogP contribution in [0.2, 0.25) is 0 Å². The Morgan fingerprint density at radius 1 is 0.593 bits per heavy atom. The van der Waals surface area contributed by atoms with E-state index in [2.05, 4.69) is 76.4 Å². The summed E-state index contributed by atoms with van der Waals surface area (Å²) in [5.41, 5.74) is 6.01. The molecule has 0 unspecified atom stereocenters. The van der Waals surface area contributed by atoms with E-state index in [1.54, 1.807) is 23.3 Å². The molecule has 5 aromatic carbocycles. The molecule has 54 heavy (non-hydrogen) atoms. The van der Waals surface area contributed by atoms with Gasteiger partial charge in [-0.05, 0) is 59.2 Å². The van der Waals surface area contributed by atoms with Crippen molar-refractivity contribution in [2.75, 3.05) is 0 Å². The van der Waals surface area contributed by atoms with E-state index in [1.165, 1.54) is 59.1 Å². The minimum Gasteiger partial charge on any atom is -0.411 e. The number of aromatic nitrogens is 1. The van der Waals surface area contributed by atoms with Crippen molar-refractivity contribution in [2.45, 2.75) is 68.7 Å². The Balaban J connectivity index is 0.000000179. The zero-order valence-electron chi connectivity index (χ0n) is 30.3. The van der Waals surface area contributed by atoms with Crippen LogP contribution in [0.4, 0.5) is 0 Å². The maximum absolute atomic E-state index is 5.16. The van der Waals surface area contributed by atoms with E-state index in [0.717, 1.165) is 36.0 Å². The first kappa shape index (κ1) is 43.9. The fraction of sp³-hybridized carbons (Fsp3) is 0.233. The van der Waals surface area contributed by atoms with Gasteiger partial charge < -0.3 is 59.5 Å². The van der Waals surface area contributed by atoms with Gasteiger partial charge in [0, 0.05) is 32.2 Å². The molecule has 274 valence electrons. The summed E-state index contributed by atoms with van der Waals surface area (Å²) in [6, 6.07) is 50.0. The van der Waals surface area contributed by atoms with Gasteiger partial charge in [0.25, 0.3) is 0 Å². The minimum absolute atomic E-state index is 0. The maximum Gasteiger partial charge on any atom is 2.00 e. The van der Waals surface area contributed by atoms with Crippen LogP contribution in [0.1, 0.15) is 54.4 Å². The number of benzene rings is 5. The number of rotatable bonds is 11. The second-order valence-electron chi connectivity index (χ2n) is 12.7. The van der Waals surface area contributed by atoms with Crippen LogP contribution >= 0.6 is 47.7 Å². The average Bonchev–Trinajstić information content (AvgIpc) is 3.62. The minimum atomic E-state index is 0. The maximum atomic E-state index is 5.16. The third-order valence-electron chi connectivity index (χ3n) is 8.57. The molecule has 0 amide bonds. The Bertz CT molecular complexity index is 1730. The Kier molecular flexibility index (Phi) is 20.0. The molecule has 1 aromatic heterocycles. The third kappa shape index (κ3) is 15.7. The van der Waals surface area contributed by atoms with Crippen LogP contribution in [0.15, 0.2) is 150 Å². The predicted molar refractivity (Wildman–Crippen MR) is 240 cm³/mol. The zero-order valence-corrected chi connectivity index (χ0v) is 38.2. The van der Waals surface area contributed by atoms with Crippen molar-refractivity contribution in [1.82, 2.24) is 19.5 Å². The van der Waals surface area contributed by atoms with Crippen molar-refractivity contribution in [3.63, 3.8) is 0 Å². The normalized spacial score (nSPS) is 12.2. The van der Waals surface area contributed by atoms with Crippen molar-refractivity contribution in [2.24, 2.45) is 0 Å². The van der Waals surface area contributed by atoms with Gasteiger partial charge in [0.15, 0.2) is 4.34 Å². The molecule has 1 heterocycles. The van der Waals surface area contributed by atoms with Crippen molar-refractivity contribution < 1.29 is 19.5 Å². The first-order valence-electron chi connectivity index (χ1n) is 17.8. The van der Waals surface area contributed by atoms with Crippen LogP contribution in [0.25, 0.3) is 10.2 Å². The first-order valence-corrected chi connectivity index (χ1v) is 21.0. The smallest absolute Gasteiger partial charge is 0.411 e. The topological polar surface area (TPSA) is 31.4 Å². The Hall–Kier alpha value is -2.86. The SMILES string of the molecule is S=C([S-])N(Cc1ccccc1)Cc1ccccc1.S=C([S-])N(Cc1ccccc1)Cc1ccccc1.[Zn+2].c1ccc2sc(SNC3CCCCC3)nc2c1. The van der Waals surface area contributed by atoms with Gasteiger partial charge in [0.2, 0.25) is 0 Å². The molecule has 1 N–H and O–H groups in total. The Labute approximate surface area is 364 Å². The third-order valence-corrected chi connectivity index (χ3v) is 11.7. The fourth-order valence-electron chi connectivity index (χ4n) is 5.83. The second-order valence-corrected chi connectivity index (χ2v) is 16.9. The van der Waals surface area contributed by atoms with Crippen LogP contribution < -0.4 is 4.72 Å². The quantitative estimate of drug-likeness (QED) is 0.0592. The Morgan fingerprint density at radius 2 is 0.963 bits per heavy atom. The zero-order chi connectivity index (χ0) is 37.1. The van der Waals surface area contributed by atoms with Crippen LogP contribution in [-0.2, 0) is 70.9 Å². The largest absolute Gasteiger partial charge is 2.00 e. The number of hydrogen-bond acceptors (Lipinski definition) is 8. The summed E-state index contributed by atoms with van der Waals surface area (Å²) in [4.78, 5) is 8.69. The number of nitrogens with zero attached hydrogens (tertiary/aromatic N) is 3. The summed E-state index contributed by atoms with van der Waals surface area (Å²) in [7, 11) is 0. The molecule has 0 spiro atoms. The van der Waals surface area contributed by atoms with E-state index in [-0.39, 0.29) is 19.5 Å². The van der Waals surface area contributed by atoms with Gasteiger partial charge in [-0.2, -0.15) is 0 Å². The predicted octanol–water partition coefficient (Wildman–Crippen LogP) is 11.3. The Morgan fingerprint density at radius 3 is 1.33 bits per heavy atom. The molecule has 1 aliphatic rings. The van der Waals surface area contributed by atoms with Crippen molar-refractivity contribution in [1.29, 1.82) is 0 Å². The van der Waals surface area contributed by atoms with Gasteiger partial charge in [0.05, 0.1) is 10.2 Å². The van der Waals surface area contributed by atoms with Crippen molar-refractivity contribution >= 4 is 91.8 Å². The van der Waals surface area contributed by atoms with E-state index in [1.807, 2.05) is 88.7 Å². The molecule has 0 saturated heterocycles. The van der Waals surface area contributed by atoms with Crippen molar-refractivity contribution in [3.05, 3.63) is 168 Å². The van der Waals surface area contributed by atoms with E-state index < -0.39 is 0 Å². The molecule has 1 fully saturated rings. The number of hydrogen-bond donors (Lipinski definition) is 1. The molecule has 0 radical (unpaired) electrons. The van der Waals surface area contributed by atoms with Gasteiger partial charge in [-0.1, -0.05) is 161 Å². The molecule has 11 heteroatoms. The van der Waals surface area contributed by atoms with E-state index >= 15 is 0 Å². The van der Waals surface area contributed by atoms with Gasteiger partial charge >= 0.3 is 19.5 Å². The summed E-state index contributed by atoms with van der Waals surface area (Å²) in [6.45, 7) is 3.05. The summed E-state index contributed by atoms with van der Waals surface area (Å²) in [6.07, 6.45) is 6.79. The van der Waals surface area contributed by atoms with Crippen LogP contribution in [0.5, 0.6) is 0 Å². The second kappa shape index (κ2) is 24.6. The number of thiocarbonyl (C=S) groups is 2. The average molecular weight is 875 g/mol. The summed E-state index contributed by atoms with van der Waals surface area (Å²) in [5, 5.41) is 0. The van der Waals surface area contributed by atoms with Gasteiger partial charge in [-0.25, -0.2) is 4.98 Å². The van der Waals surface area contributed by atoms with Crippen LogP contribution in [0, 0.1) is 0 Å². The molecule has 7 rings (SSSR count). The van der Waals surface area contributed by atoms with Crippen LogP contribution in [-0.4, -0.2) is 29.5 Å². The molecular formula is C43H44N4S6Zn. The van der Waals surface area contributed by atoms with E-state index in [4.69, 9.17) is 49.7 Å². The van der Waals surface area contributed by atoms with Crippen molar-refractivity contribution in [3.8, 4) is 0 Å². The molecular weight excluding hydrogens is 830 g/mol. The summed E-state index contributed by atoms with van der Waals surface area (Å²) >= 11 is 24.1. The first-order chi connectivity index (χ1) is 25.9. The molecule has 4 nitrogen and oxygen atoms in total. The fourth-order valence-corrected chi connectivity index (χ4v) is 8.28. The molecule has 0 bridgehead atoms. The number of fused-ring (bicyclic) bond motifs is 1. The van der Waals surface area contributed by atoms with Crippen LogP contribution in [0.3, 0.4) is 0 Å². The number of thiazole rings is 1. The molecule has 0 aliphatic heterocycles. The monoisotopic (exact) mass is 872 g/mol. The number of nitrogens with one attached hydrogen (secondary N) is 1. The molecule has 1 aliphatic carbocycles. The summed E-state index contributed by atoms with van der Waals surface area (Å²) < 4.78 is 7.01. The van der Waals surface area contributed by atoms with Gasteiger partial charge in [0.1, 0.15) is 0 Å². The molecule has 0 atom stereocenters. The summed E-state index contributed by atoms with van der Waals surface area (Å²) in [5.74, 6) is 0. The standard InChI is InChI=1S/2C15H15NS2.C13H16N2S2.Zn/c2*17-15(18)16(11-13-7-3-1-4-8-13)12-14-9-5-2-6-10-14;1-2-6-10(7-3-1)15-17-13-14-11-8-4-5-9-12(11)16-13;/h2*1-10H,11-12H2,(H,17,18);4-5,8-10,15H,1-3,6-7H2;/q;;;+2/p-2. The number of para-hydroxylation sites is 1. The van der Waals surface area contributed by atoms with E-state index in [0.29, 0.717) is 14.7 Å². The van der Waals surface area contributed by atoms with Gasteiger partial charge in [-0.3, -0.25) is 4.72 Å². The van der Waals surface area contributed by atoms with E-state index in [9.17, 15) is 0 Å². The molecule has 1 saturated carbocycles. The van der Waals surface area contributed by atoms with Gasteiger partial charge in [-0.15, -0.1) is 11.3 Å². The molecule has 6 aromatic rings.